The van der Waals surface area contributed by atoms with Gasteiger partial charge in [-0.15, -0.1) is 0 Å². The Labute approximate surface area is 203 Å². The van der Waals surface area contributed by atoms with Gasteiger partial charge in [-0.2, -0.15) is 0 Å². The van der Waals surface area contributed by atoms with Crippen LogP contribution in [0, 0.1) is 0 Å². The number of nitrogens with zero attached hydrogens (tertiary/aromatic N) is 2. The fourth-order valence-electron chi connectivity index (χ4n) is 5.25. The number of hydrogen-bond acceptors (Lipinski definition) is 5. The highest BCUT2D eigenvalue weighted by molar-refractivity contribution is 7.92. The first-order chi connectivity index (χ1) is 16.8. The molecular weight excluding hydrogens is 478 g/mol. The molecule has 2 aromatic carbocycles. The van der Waals surface area contributed by atoms with Crippen molar-refractivity contribution in [1.82, 2.24) is 4.90 Å². The SMILES string of the molecule is O=C(COC1CCOC1)N1CCC2(CC1)CN(S(=O)(=O)c1ccc(C(F)F)cc1)c1ccccc12. The Morgan fingerprint density at radius 2 is 1.83 bits per heavy atom. The van der Waals surface area contributed by atoms with Crippen LogP contribution in [0.3, 0.4) is 0 Å². The van der Waals surface area contributed by atoms with Crippen LogP contribution in [0.4, 0.5) is 14.5 Å². The van der Waals surface area contributed by atoms with Crippen LogP contribution in [0.25, 0.3) is 0 Å². The Morgan fingerprint density at radius 3 is 2.49 bits per heavy atom. The first-order valence-electron chi connectivity index (χ1n) is 11.8. The van der Waals surface area contributed by atoms with Gasteiger partial charge in [0.1, 0.15) is 6.61 Å². The fourth-order valence-corrected chi connectivity index (χ4v) is 6.82. The van der Waals surface area contributed by atoms with Crippen LogP contribution >= 0.6 is 0 Å². The van der Waals surface area contributed by atoms with Crippen LogP contribution in [0.15, 0.2) is 53.4 Å². The lowest BCUT2D eigenvalue weighted by molar-refractivity contribution is -0.139. The van der Waals surface area contributed by atoms with Gasteiger partial charge < -0.3 is 14.4 Å². The maximum atomic E-state index is 13.5. The third-order valence-corrected chi connectivity index (χ3v) is 9.09. The molecule has 2 fully saturated rings. The maximum Gasteiger partial charge on any atom is 0.264 e. The third-order valence-electron chi connectivity index (χ3n) is 7.31. The average Bonchev–Trinajstić information content (AvgIpc) is 3.50. The summed E-state index contributed by atoms with van der Waals surface area (Å²) in [7, 11) is -3.94. The van der Waals surface area contributed by atoms with E-state index in [2.05, 4.69) is 0 Å². The summed E-state index contributed by atoms with van der Waals surface area (Å²) in [6.45, 7) is 2.46. The number of anilines is 1. The topological polar surface area (TPSA) is 76.2 Å². The number of alkyl halides is 2. The summed E-state index contributed by atoms with van der Waals surface area (Å²) in [5.74, 6) is -0.0679. The van der Waals surface area contributed by atoms with Crippen LogP contribution < -0.4 is 4.31 Å². The summed E-state index contributed by atoms with van der Waals surface area (Å²) in [5.41, 5.74) is 0.918. The zero-order chi connectivity index (χ0) is 24.6. The molecular formula is C25H28F2N2O5S. The molecule has 35 heavy (non-hydrogen) atoms. The molecule has 1 unspecified atom stereocenters. The normalized spacial score (nSPS) is 21.6. The Balaban J connectivity index is 1.32. The number of ether oxygens (including phenoxy) is 2. The van der Waals surface area contributed by atoms with Gasteiger partial charge in [-0.25, -0.2) is 17.2 Å². The van der Waals surface area contributed by atoms with Gasteiger partial charge in [0, 0.05) is 37.2 Å². The lowest BCUT2D eigenvalue weighted by Crippen LogP contribution is -2.48. The Morgan fingerprint density at radius 1 is 1.11 bits per heavy atom. The molecule has 0 N–H and O–H groups in total. The number of carbonyl (C=O) groups excluding carboxylic acids is 1. The number of hydrogen-bond donors (Lipinski definition) is 0. The van der Waals surface area contributed by atoms with Crippen molar-refractivity contribution in [2.24, 2.45) is 0 Å². The molecule has 5 rings (SSSR count). The zero-order valence-corrected chi connectivity index (χ0v) is 20.1. The zero-order valence-electron chi connectivity index (χ0n) is 19.2. The van der Waals surface area contributed by atoms with Gasteiger partial charge in [0.15, 0.2) is 0 Å². The van der Waals surface area contributed by atoms with Crippen molar-refractivity contribution >= 4 is 21.6 Å². The van der Waals surface area contributed by atoms with Gasteiger partial charge in [-0.05, 0) is 43.0 Å². The third kappa shape index (κ3) is 4.54. The molecule has 0 aromatic heterocycles. The Kier molecular flexibility index (Phi) is 6.54. The molecule has 3 heterocycles. The minimum atomic E-state index is -3.94. The molecule has 0 bridgehead atoms. The summed E-state index contributed by atoms with van der Waals surface area (Å²) >= 11 is 0. The van der Waals surface area contributed by atoms with E-state index in [1.807, 2.05) is 12.1 Å². The van der Waals surface area contributed by atoms with Crippen LogP contribution in [-0.2, 0) is 29.7 Å². The first-order valence-corrected chi connectivity index (χ1v) is 13.2. The molecule has 3 aliphatic heterocycles. The quantitative estimate of drug-likeness (QED) is 0.600. The summed E-state index contributed by atoms with van der Waals surface area (Å²) in [6.07, 6.45) is -0.655. The summed E-state index contributed by atoms with van der Waals surface area (Å²) in [4.78, 5) is 14.5. The highest BCUT2D eigenvalue weighted by Gasteiger charge is 2.48. The van der Waals surface area contributed by atoms with Crippen LogP contribution in [0.1, 0.15) is 36.8 Å². The van der Waals surface area contributed by atoms with Crippen molar-refractivity contribution in [2.45, 2.75) is 42.1 Å². The van der Waals surface area contributed by atoms with E-state index in [1.54, 1.807) is 17.0 Å². The molecule has 10 heteroatoms. The summed E-state index contributed by atoms with van der Waals surface area (Å²) < 4.78 is 65.3. The number of amides is 1. The van der Waals surface area contributed by atoms with Gasteiger partial charge in [-0.3, -0.25) is 9.10 Å². The van der Waals surface area contributed by atoms with E-state index in [0.29, 0.717) is 44.8 Å². The number of para-hydroxylation sites is 1. The van der Waals surface area contributed by atoms with Gasteiger partial charge in [-0.1, -0.05) is 30.3 Å². The highest BCUT2D eigenvalue weighted by Crippen LogP contribution is 2.48. The van der Waals surface area contributed by atoms with Gasteiger partial charge in [0.25, 0.3) is 16.4 Å². The van der Waals surface area contributed by atoms with Crippen molar-refractivity contribution in [3.63, 3.8) is 0 Å². The van der Waals surface area contributed by atoms with E-state index < -0.39 is 21.9 Å². The summed E-state index contributed by atoms with van der Waals surface area (Å²) in [6, 6.07) is 12.2. The fraction of sp³-hybridized carbons (Fsp3) is 0.480. The van der Waals surface area contributed by atoms with E-state index in [0.717, 1.165) is 24.1 Å². The van der Waals surface area contributed by atoms with E-state index in [1.165, 1.54) is 16.4 Å². The maximum absolute atomic E-state index is 13.5. The number of benzene rings is 2. The van der Waals surface area contributed by atoms with Gasteiger partial charge in [0.05, 0.1) is 23.3 Å². The molecule has 3 aliphatic rings. The van der Waals surface area contributed by atoms with E-state index in [-0.39, 0.29) is 35.6 Å². The minimum Gasteiger partial charge on any atom is -0.379 e. The molecule has 1 amide bonds. The van der Waals surface area contributed by atoms with Crippen molar-refractivity contribution < 1.29 is 31.5 Å². The predicted octanol–water partition coefficient (Wildman–Crippen LogP) is 3.50. The van der Waals surface area contributed by atoms with Crippen LogP contribution in [0.5, 0.6) is 0 Å². The van der Waals surface area contributed by atoms with E-state index in [9.17, 15) is 22.0 Å². The number of fused-ring (bicyclic) bond motifs is 2. The smallest absolute Gasteiger partial charge is 0.264 e. The van der Waals surface area contributed by atoms with E-state index in [4.69, 9.17) is 9.47 Å². The average molecular weight is 507 g/mol. The van der Waals surface area contributed by atoms with Crippen LogP contribution in [-0.4, -0.2) is 64.8 Å². The monoisotopic (exact) mass is 506 g/mol. The second kappa shape index (κ2) is 9.48. The first kappa shape index (κ1) is 24.1. The van der Waals surface area contributed by atoms with E-state index >= 15 is 0 Å². The number of halogens is 2. The largest absolute Gasteiger partial charge is 0.379 e. The lowest BCUT2D eigenvalue weighted by atomic mass is 9.74. The standard InChI is InChI=1S/C25H28F2N2O5S/c26-24(27)18-5-7-20(8-6-18)35(31,32)29-17-25(21-3-1-2-4-22(21)29)10-12-28(13-11-25)23(30)16-34-19-9-14-33-15-19/h1-8,19,24H,9-17H2. The molecule has 1 atom stereocenters. The lowest BCUT2D eigenvalue weighted by Gasteiger charge is -2.40. The number of piperidine rings is 1. The second-order valence-corrected chi connectivity index (χ2v) is 11.2. The molecule has 0 saturated carbocycles. The summed E-state index contributed by atoms with van der Waals surface area (Å²) in [5, 5.41) is 0. The van der Waals surface area contributed by atoms with Gasteiger partial charge >= 0.3 is 0 Å². The number of likely N-dealkylation sites (tertiary alicyclic amines) is 1. The highest BCUT2D eigenvalue weighted by atomic mass is 32.2. The minimum absolute atomic E-state index is 0.0191. The van der Waals surface area contributed by atoms with Crippen molar-refractivity contribution in [3.05, 3.63) is 59.7 Å². The molecule has 2 saturated heterocycles. The number of sulfonamides is 1. The molecule has 2 aromatic rings. The van der Waals surface area contributed by atoms with Crippen LogP contribution in [0.2, 0.25) is 0 Å². The van der Waals surface area contributed by atoms with Crippen molar-refractivity contribution in [2.75, 3.05) is 43.8 Å². The molecule has 1 spiro atoms. The second-order valence-electron chi connectivity index (χ2n) is 9.36. The number of carbonyl (C=O) groups is 1. The molecule has 188 valence electrons. The predicted molar refractivity (Wildman–Crippen MR) is 125 cm³/mol. The van der Waals surface area contributed by atoms with Crippen molar-refractivity contribution in [3.8, 4) is 0 Å². The Hall–Kier alpha value is -2.56. The molecule has 0 radical (unpaired) electrons. The van der Waals surface area contributed by atoms with Gasteiger partial charge in [0.2, 0.25) is 5.91 Å². The van der Waals surface area contributed by atoms with Crippen molar-refractivity contribution in [1.29, 1.82) is 0 Å². The number of rotatable bonds is 6. The molecule has 7 nitrogen and oxygen atoms in total. The molecule has 0 aliphatic carbocycles. The Bertz CT molecular complexity index is 1170.